The largest absolute Gasteiger partial charge is 0.472 e. The normalized spacial score (nSPS) is 37.0. The summed E-state index contributed by atoms with van der Waals surface area (Å²) in [5.41, 5.74) is 2.50. The number of piperidine rings is 1. The van der Waals surface area contributed by atoms with Gasteiger partial charge in [0.15, 0.2) is 11.7 Å². The Kier molecular flexibility index (Phi) is 6.09. The molecule has 0 saturated carbocycles. The van der Waals surface area contributed by atoms with Crippen LogP contribution in [0.1, 0.15) is 37.1 Å². The van der Waals surface area contributed by atoms with Crippen LogP contribution in [0.2, 0.25) is 0 Å². The van der Waals surface area contributed by atoms with Crippen LogP contribution < -0.4 is 5.43 Å². The van der Waals surface area contributed by atoms with Crippen LogP contribution in [-0.2, 0) is 25.5 Å². The summed E-state index contributed by atoms with van der Waals surface area (Å²) in [5, 5.41) is 40.7. The Balaban J connectivity index is 1.29. The minimum Gasteiger partial charge on any atom is -0.472 e. The van der Waals surface area contributed by atoms with Crippen molar-refractivity contribution in [1.29, 1.82) is 0 Å². The number of rotatable bonds is 4. The van der Waals surface area contributed by atoms with Gasteiger partial charge in [0, 0.05) is 34.0 Å². The number of nitrogens with zero attached hydrogens (tertiary/aromatic N) is 1. The lowest BCUT2D eigenvalue weighted by Gasteiger charge is -2.46. The van der Waals surface area contributed by atoms with Crippen LogP contribution in [0.5, 0.6) is 0 Å². The van der Waals surface area contributed by atoms with E-state index in [1.54, 1.807) is 11.0 Å². The molecule has 1 aromatic carbocycles. The summed E-state index contributed by atoms with van der Waals surface area (Å²) in [6, 6.07) is 7.00. The average molecular weight is 515 g/mol. The van der Waals surface area contributed by atoms with Gasteiger partial charge in [0.2, 0.25) is 6.29 Å². The molecule has 2 fully saturated rings. The van der Waals surface area contributed by atoms with Crippen molar-refractivity contribution >= 4 is 16.8 Å². The maximum atomic E-state index is 13.6. The molecule has 6 rings (SSSR count). The number of aliphatic hydroxyl groups excluding tert-OH is 4. The number of ether oxygens (including phenoxy) is 3. The third kappa shape index (κ3) is 3.72. The molecule has 4 aliphatic rings. The number of aromatic nitrogens is 1. The first-order chi connectivity index (χ1) is 17.8. The smallest absolute Gasteiger partial charge is 0.254 e. The van der Waals surface area contributed by atoms with E-state index in [1.165, 1.54) is 6.26 Å². The average Bonchev–Trinajstić information content (AvgIpc) is 3.28. The molecule has 1 amide bonds. The van der Waals surface area contributed by atoms with E-state index in [-0.39, 0.29) is 35.8 Å². The first-order valence-electron chi connectivity index (χ1n) is 12.6. The number of aliphatic hydroxyl groups is 4. The van der Waals surface area contributed by atoms with Crippen molar-refractivity contribution in [3.8, 4) is 0 Å². The Morgan fingerprint density at radius 3 is 2.65 bits per heavy atom. The quantitative estimate of drug-likeness (QED) is 0.379. The summed E-state index contributed by atoms with van der Waals surface area (Å²) in [5.74, 6) is -0.739. The molecule has 9 atom stereocenters. The lowest BCUT2D eigenvalue weighted by molar-refractivity contribution is -0.342. The minimum atomic E-state index is -1.57. The van der Waals surface area contributed by atoms with Gasteiger partial charge in [0.1, 0.15) is 24.4 Å². The number of nitrogens with one attached hydrogen (secondary N) is 1. The van der Waals surface area contributed by atoms with E-state index in [9.17, 15) is 30.0 Å². The highest BCUT2D eigenvalue weighted by Crippen LogP contribution is 2.49. The first-order valence-corrected chi connectivity index (χ1v) is 12.6. The van der Waals surface area contributed by atoms with Gasteiger partial charge in [-0.3, -0.25) is 9.59 Å². The van der Waals surface area contributed by atoms with Gasteiger partial charge in [0.05, 0.1) is 31.0 Å². The van der Waals surface area contributed by atoms with Crippen molar-refractivity contribution in [1.82, 2.24) is 9.88 Å². The molecule has 198 valence electrons. The predicted octanol–water partition coefficient (Wildman–Crippen LogP) is 0.0142. The summed E-state index contributed by atoms with van der Waals surface area (Å²) in [6.07, 6.45) is -5.49. The monoisotopic (exact) mass is 514 g/mol. The Bertz CT molecular complexity index is 1310. The summed E-state index contributed by atoms with van der Waals surface area (Å²) in [4.78, 5) is 31.9. The zero-order chi connectivity index (χ0) is 26.0. The summed E-state index contributed by atoms with van der Waals surface area (Å²) < 4.78 is 17.3. The molecule has 11 nitrogen and oxygen atoms in total. The van der Waals surface area contributed by atoms with Gasteiger partial charge < -0.3 is 44.5 Å². The van der Waals surface area contributed by atoms with Crippen LogP contribution >= 0.6 is 0 Å². The SMILES string of the molecule is CC[C@H]1[C@H](O[C@@H]2O[C@H](CO)[C@@H](O)[C@H](O)[C@H]2O)OC=C2C(=O)N3Cc4c([nH]c5ccccc5c4=O)[C@@H]3C[C@H]21. The Morgan fingerprint density at radius 1 is 1.11 bits per heavy atom. The van der Waals surface area contributed by atoms with Gasteiger partial charge in [-0.05, 0) is 25.0 Å². The molecule has 37 heavy (non-hydrogen) atoms. The van der Waals surface area contributed by atoms with E-state index in [0.717, 1.165) is 11.2 Å². The number of amides is 1. The van der Waals surface area contributed by atoms with Crippen LogP contribution in [0, 0.1) is 11.8 Å². The molecule has 2 saturated heterocycles. The van der Waals surface area contributed by atoms with Crippen LogP contribution in [0.25, 0.3) is 10.9 Å². The fourth-order valence-electron chi connectivity index (χ4n) is 6.22. The topological polar surface area (TPSA) is 162 Å². The number of aromatic amines is 1. The van der Waals surface area contributed by atoms with Gasteiger partial charge in [-0.2, -0.15) is 0 Å². The molecule has 0 radical (unpaired) electrons. The maximum Gasteiger partial charge on any atom is 0.254 e. The van der Waals surface area contributed by atoms with Gasteiger partial charge in [-0.15, -0.1) is 0 Å². The van der Waals surface area contributed by atoms with Gasteiger partial charge in [-0.25, -0.2) is 0 Å². The van der Waals surface area contributed by atoms with Crippen LogP contribution in [0.4, 0.5) is 0 Å². The number of pyridine rings is 1. The number of carbonyl (C=O) groups excluding carboxylic acids is 1. The number of hydrogen-bond acceptors (Lipinski definition) is 9. The molecular weight excluding hydrogens is 484 g/mol. The van der Waals surface area contributed by atoms with E-state index < -0.39 is 43.6 Å². The van der Waals surface area contributed by atoms with E-state index in [4.69, 9.17) is 14.2 Å². The molecule has 1 aromatic heterocycles. The lowest BCUT2D eigenvalue weighted by atomic mass is 9.75. The highest BCUT2D eigenvalue weighted by molar-refractivity contribution is 5.96. The summed E-state index contributed by atoms with van der Waals surface area (Å²) in [6.45, 7) is 1.60. The molecule has 0 unspecified atom stereocenters. The Hall–Kier alpha value is -2.80. The fraction of sp³-hybridized carbons (Fsp3) is 0.538. The van der Waals surface area contributed by atoms with E-state index >= 15 is 0 Å². The molecule has 4 aliphatic heterocycles. The van der Waals surface area contributed by atoms with Gasteiger partial charge in [-0.1, -0.05) is 19.1 Å². The fourth-order valence-corrected chi connectivity index (χ4v) is 6.22. The number of fused-ring (bicyclic) bond motifs is 5. The van der Waals surface area contributed by atoms with E-state index in [1.807, 2.05) is 25.1 Å². The van der Waals surface area contributed by atoms with Gasteiger partial charge in [0.25, 0.3) is 5.91 Å². The molecule has 0 bridgehead atoms. The molecule has 0 aliphatic carbocycles. The maximum absolute atomic E-state index is 13.6. The van der Waals surface area contributed by atoms with E-state index in [2.05, 4.69) is 4.98 Å². The first kappa shape index (κ1) is 24.5. The van der Waals surface area contributed by atoms with Crippen molar-refractivity contribution in [2.24, 2.45) is 11.8 Å². The Labute approximate surface area is 211 Å². The van der Waals surface area contributed by atoms with Crippen LogP contribution in [-0.4, -0.2) is 79.8 Å². The van der Waals surface area contributed by atoms with Crippen molar-refractivity contribution in [2.45, 2.75) is 69.3 Å². The second-order valence-electron chi connectivity index (χ2n) is 10.2. The summed E-state index contributed by atoms with van der Waals surface area (Å²) in [7, 11) is 0. The van der Waals surface area contributed by atoms with Gasteiger partial charge >= 0.3 is 0 Å². The van der Waals surface area contributed by atoms with E-state index in [0.29, 0.717) is 29.4 Å². The summed E-state index contributed by atoms with van der Waals surface area (Å²) >= 11 is 0. The third-order valence-corrected chi connectivity index (χ3v) is 8.25. The molecule has 5 heterocycles. The van der Waals surface area contributed by atoms with Crippen molar-refractivity contribution in [3.05, 3.63) is 57.6 Å². The highest BCUT2D eigenvalue weighted by Gasteiger charge is 2.52. The lowest BCUT2D eigenvalue weighted by Crippen LogP contribution is -2.60. The minimum absolute atomic E-state index is 0.0735. The van der Waals surface area contributed by atoms with Crippen molar-refractivity contribution < 1.29 is 39.4 Å². The number of benzene rings is 1. The van der Waals surface area contributed by atoms with Crippen LogP contribution in [0.3, 0.4) is 0 Å². The molecular formula is C26H30N2O9. The molecule has 2 aromatic rings. The van der Waals surface area contributed by atoms with Crippen LogP contribution in [0.15, 0.2) is 40.9 Å². The second-order valence-corrected chi connectivity index (χ2v) is 10.2. The molecule has 5 N–H and O–H groups in total. The number of H-pyrrole nitrogens is 1. The molecule has 11 heteroatoms. The van der Waals surface area contributed by atoms with Crippen molar-refractivity contribution in [3.63, 3.8) is 0 Å². The number of carbonyl (C=O) groups is 1. The highest BCUT2D eigenvalue weighted by atomic mass is 16.8. The predicted molar refractivity (Wildman–Crippen MR) is 128 cm³/mol. The zero-order valence-electron chi connectivity index (χ0n) is 20.2. The second kappa shape index (κ2) is 9.19. The standard InChI is InChI=1S/C26H30N2O9/c1-2-11-13-7-17-19-14(20(30)12-5-3-4-6-16(12)27-19)8-28(17)24(34)15(13)10-35-25(11)37-26-23(33)22(32)21(31)18(9-29)36-26/h3-6,10-11,13,17-18,21-23,25-26,29,31-33H,2,7-9H2,1H3,(H,27,30)/t11-,13+,17+,18-,21-,22+,23-,25+,26+/m1/s1. The molecule has 0 spiro atoms. The van der Waals surface area contributed by atoms with Crippen molar-refractivity contribution in [2.75, 3.05) is 6.61 Å². The number of para-hydroxylation sites is 1. The zero-order valence-corrected chi connectivity index (χ0v) is 20.2. The number of hydrogen-bond donors (Lipinski definition) is 5. The third-order valence-electron chi connectivity index (χ3n) is 8.25. The Morgan fingerprint density at radius 2 is 1.89 bits per heavy atom.